The first kappa shape index (κ1) is 4.88. The van der Waals surface area contributed by atoms with Gasteiger partial charge in [0.2, 0.25) is 0 Å². The Labute approximate surface area is 52.5 Å². The average molecular weight is 196 g/mol. The molecule has 0 N–H and O–H groups in total. The predicted octanol–water partition coefficient (Wildman–Crippen LogP) is 2.08. The monoisotopic (exact) mass is 196 g/mol. The molecule has 6 heavy (non-hydrogen) atoms. The molecule has 1 aliphatic carbocycles. The van der Waals surface area contributed by atoms with Crippen LogP contribution >= 0.6 is 22.6 Å². The first-order valence-electron chi connectivity index (χ1n) is 2.37. The van der Waals surface area contributed by atoms with Crippen molar-refractivity contribution in [3.05, 3.63) is 0 Å². The van der Waals surface area contributed by atoms with Crippen LogP contribution in [0.2, 0.25) is 0 Å². The SMILES string of the molecule is CC1C(I)[C@H]1C. The van der Waals surface area contributed by atoms with Crippen LogP contribution in [0, 0.1) is 11.8 Å². The Kier molecular flexibility index (Phi) is 1.10. The number of hydrogen-bond acceptors (Lipinski definition) is 0. The van der Waals surface area contributed by atoms with E-state index < -0.39 is 0 Å². The van der Waals surface area contributed by atoms with E-state index in [0.717, 1.165) is 15.8 Å². The summed E-state index contributed by atoms with van der Waals surface area (Å²) >= 11 is 2.51. The van der Waals surface area contributed by atoms with Gasteiger partial charge in [-0.25, -0.2) is 0 Å². The van der Waals surface area contributed by atoms with Crippen molar-refractivity contribution < 1.29 is 0 Å². The van der Waals surface area contributed by atoms with E-state index >= 15 is 0 Å². The lowest BCUT2D eigenvalue weighted by molar-refractivity contribution is 0.834. The van der Waals surface area contributed by atoms with Crippen LogP contribution in [-0.4, -0.2) is 3.92 Å². The number of alkyl halides is 1. The number of rotatable bonds is 0. The van der Waals surface area contributed by atoms with Crippen molar-refractivity contribution in [1.82, 2.24) is 0 Å². The van der Waals surface area contributed by atoms with Crippen LogP contribution in [0.4, 0.5) is 0 Å². The summed E-state index contributed by atoms with van der Waals surface area (Å²) in [5, 5.41) is 0. The predicted molar refractivity (Wildman–Crippen MR) is 36.1 cm³/mol. The third kappa shape index (κ3) is 0.572. The summed E-state index contributed by atoms with van der Waals surface area (Å²) in [5.41, 5.74) is 0. The molecule has 0 aromatic carbocycles. The Morgan fingerprint density at radius 1 is 1.17 bits per heavy atom. The molecular weight excluding hydrogens is 187 g/mol. The second-order valence-corrected chi connectivity index (χ2v) is 3.60. The maximum atomic E-state index is 2.51. The lowest BCUT2D eigenvalue weighted by atomic mass is 10.4. The van der Waals surface area contributed by atoms with Crippen LogP contribution in [0.15, 0.2) is 0 Å². The molecule has 1 rings (SSSR count). The minimum atomic E-state index is 0.989. The summed E-state index contributed by atoms with van der Waals surface area (Å²) < 4.78 is 0.989. The normalized spacial score (nSPS) is 55.5. The molecule has 0 radical (unpaired) electrons. The summed E-state index contributed by atoms with van der Waals surface area (Å²) in [4.78, 5) is 0. The van der Waals surface area contributed by atoms with Crippen molar-refractivity contribution in [3.63, 3.8) is 0 Å². The second-order valence-electron chi connectivity index (χ2n) is 2.16. The van der Waals surface area contributed by atoms with Crippen LogP contribution in [0.5, 0.6) is 0 Å². The largest absolute Gasteiger partial charge is 0.0820 e. The molecular formula is C5H9I. The van der Waals surface area contributed by atoms with Crippen molar-refractivity contribution in [1.29, 1.82) is 0 Å². The van der Waals surface area contributed by atoms with Crippen molar-refractivity contribution in [2.24, 2.45) is 11.8 Å². The smallest absolute Gasteiger partial charge is 0.0167 e. The van der Waals surface area contributed by atoms with E-state index in [0.29, 0.717) is 0 Å². The van der Waals surface area contributed by atoms with Gasteiger partial charge in [-0.2, -0.15) is 0 Å². The highest BCUT2D eigenvalue weighted by Crippen LogP contribution is 2.44. The highest BCUT2D eigenvalue weighted by atomic mass is 127. The van der Waals surface area contributed by atoms with E-state index in [2.05, 4.69) is 36.4 Å². The van der Waals surface area contributed by atoms with Gasteiger partial charge in [-0.05, 0) is 11.8 Å². The van der Waals surface area contributed by atoms with Crippen LogP contribution in [0.3, 0.4) is 0 Å². The molecule has 0 amide bonds. The van der Waals surface area contributed by atoms with E-state index in [1.54, 1.807) is 0 Å². The highest BCUT2D eigenvalue weighted by Gasteiger charge is 2.39. The standard InChI is InChI=1S/C5H9I/c1-3-4(2)5(3)6/h3-5H,1-2H3/t3-,4?,5?/m0/s1. The molecule has 3 atom stereocenters. The molecule has 36 valence electrons. The molecule has 0 saturated heterocycles. The van der Waals surface area contributed by atoms with E-state index in [4.69, 9.17) is 0 Å². The van der Waals surface area contributed by atoms with Crippen LogP contribution < -0.4 is 0 Å². The molecule has 0 aliphatic heterocycles. The Morgan fingerprint density at radius 2 is 1.33 bits per heavy atom. The van der Waals surface area contributed by atoms with Crippen LogP contribution in [0.1, 0.15) is 13.8 Å². The molecule has 0 heterocycles. The van der Waals surface area contributed by atoms with Gasteiger partial charge >= 0.3 is 0 Å². The van der Waals surface area contributed by atoms with E-state index in [1.807, 2.05) is 0 Å². The Hall–Kier alpha value is 0.730. The maximum Gasteiger partial charge on any atom is 0.0167 e. The molecule has 1 aliphatic rings. The molecule has 0 bridgehead atoms. The summed E-state index contributed by atoms with van der Waals surface area (Å²) in [7, 11) is 0. The zero-order chi connectivity index (χ0) is 4.73. The van der Waals surface area contributed by atoms with Gasteiger partial charge in [-0.15, -0.1) is 0 Å². The third-order valence-corrected chi connectivity index (χ3v) is 3.96. The van der Waals surface area contributed by atoms with Crippen molar-refractivity contribution >= 4 is 22.6 Å². The Bertz CT molecular complexity index is 40.7. The molecule has 1 saturated carbocycles. The average Bonchev–Trinajstić information content (AvgIpc) is 1.94. The highest BCUT2D eigenvalue weighted by molar-refractivity contribution is 14.1. The molecule has 0 spiro atoms. The Balaban J connectivity index is 2.31. The summed E-state index contributed by atoms with van der Waals surface area (Å²) in [6.07, 6.45) is 0. The van der Waals surface area contributed by atoms with Gasteiger partial charge in [0, 0.05) is 3.92 Å². The van der Waals surface area contributed by atoms with Crippen molar-refractivity contribution in [2.75, 3.05) is 0 Å². The number of hydrogen-bond donors (Lipinski definition) is 0. The Morgan fingerprint density at radius 3 is 1.33 bits per heavy atom. The lowest BCUT2D eigenvalue weighted by Crippen LogP contribution is -1.60. The molecule has 1 fully saturated rings. The minimum Gasteiger partial charge on any atom is -0.0820 e. The van der Waals surface area contributed by atoms with Gasteiger partial charge in [0.25, 0.3) is 0 Å². The molecule has 0 aromatic heterocycles. The minimum absolute atomic E-state index is 0.989. The molecule has 0 nitrogen and oxygen atoms in total. The van der Waals surface area contributed by atoms with Gasteiger partial charge in [0.15, 0.2) is 0 Å². The van der Waals surface area contributed by atoms with E-state index in [-0.39, 0.29) is 0 Å². The summed E-state index contributed by atoms with van der Waals surface area (Å²) in [5.74, 6) is 2.01. The van der Waals surface area contributed by atoms with Crippen LogP contribution in [-0.2, 0) is 0 Å². The van der Waals surface area contributed by atoms with Gasteiger partial charge in [-0.1, -0.05) is 36.4 Å². The number of halogens is 1. The summed E-state index contributed by atoms with van der Waals surface area (Å²) in [6.45, 7) is 4.61. The van der Waals surface area contributed by atoms with Gasteiger partial charge in [0.1, 0.15) is 0 Å². The quantitative estimate of drug-likeness (QED) is 0.411. The lowest BCUT2D eigenvalue weighted by Gasteiger charge is -1.66. The van der Waals surface area contributed by atoms with Crippen molar-refractivity contribution in [3.8, 4) is 0 Å². The van der Waals surface area contributed by atoms with Crippen LogP contribution in [0.25, 0.3) is 0 Å². The first-order valence-corrected chi connectivity index (χ1v) is 3.62. The second kappa shape index (κ2) is 1.35. The maximum absolute atomic E-state index is 2.51. The van der Waals surface area contributed by atoms with E-state index in [1.165, 1.54) is 0 Å². The molecule has 0 aromatic rings. The van der Waals surface area contributed by atoms with Gasteiger partial charge in [0.05, 0.1) is 0 Å². The fraction of sp³-hybridized carbons (Fsp3) is 1.00. The topological polar surface area (TPSA) is 0 Å². The fourth-order valence-corrected chi connectivity index (χ4v) is 1.67. The van der Waals surface area contributed by atoms with Gasteiger partial charge < -0.3 is 0 Å². The third-order valence-electron chi connectivity index (χ3n) is 1.69. The zero-order valence-corrected chi connectivity index (χ0v) is 6.27. The first-order chi connectivity index (χ1) is 2.73. The van der Waals surface area contributed by atoms with Gasteiger partial charge in [-0.3, -0.25) is 0 Å². The van der Waals surface area contributed by atoms with E-state index in [9.17, 15) is 0 Å². The molecule has 2 unspecified atom stereocenters. The molecule has 1 heteroatoms. The fourth-order valence-electron chi connectivity index (χ4n) is 0.602. The zero-order valence-electron chi connectivity index (χ0n) is 4.11. The summed E-state index contributed by atoms with van der Waals surface area (Å²) in [6, 6.07) is 0. The van der Waals surface area contributed by atoms with Crippen molar-refractivity contribution in [2.45, 2.75) is 17.8 Å².